The molecule has 1 unspecified atom stereocenters. The van der Waals surface area contributed by atoms with Gasteiger partial charge in [-0.25, -0.2) is 0 Å². The molecule has 0 spiro atoms. The average Bonchev–Trinajstić information content (AvgIpc) is 2.36. The van der Waals surface area contributed by atoms with Gasteiger partial charge in [-0.15, -0.1) is 0 Å². The number of hydrogen-bond donors (Lipinski definition) is 3. The highest BCUT2D eigenvalue weighted by Crippen LogP contribution is 2.14. The predicted octanol–water partition coefficient (Wildman–Crippen LogP) is 2.46. The predicted molar refractivity (Wildman–Crippen MR) is 71.7 cm³/mol. The highest BCUT2D eigenvalue weighted by molar-refractivity contribution is 5.51. The van der Waals surface area contributed by atoms with Crippen LogP contribution < -0.4 is 16.4 Å². The van der Waals surface area contributed by atoms with Crippen LogP contribution in [0, 0.1) is 0 Å². The molecular weight excluding hydrogens is 198 g/mol. The topological polar surface area (TPSA) is 50.1 Å². The summed E-state index contributed by atoms with van der Waals surface area (Å²) in [4.78, 5) is 0. The van der Waals surface area contributed by atoms with E-state index >= 15 is 0 Å². The fraction of sp³-hybridized carbons (Fsp3) is 0.538. The van der Waals surface area contributed by atoms with E-state index < -0.39 is 0 Å². The van der Waals surface area contributed by atoms with Crippen LogP contribution in [0.5, 0.6) is 0 Å². The number of nitrogens with two attached hydrogens (primary N) is 1. The third-order valence-corrected chi connectivity index (χ3v) is 2.58. The summed E-state index contributed by atoms with van der Waals surface area (Å²) in [6.07, 6.45) is 2.50. The smallest absolute Gasteiger partial charge is 0.0386 e. The van der Waals surface area contributed by atoms with Gasteiger partial charge in [0.1, 0.15) is 0 Å². The Kier molecular flexibility index (Phi) is 5.72. The highest BCUT2D eigenvalue weighted by atomic mass is 15.0. The van der Waals surface area contributed by atoms with Gasteiger partial charge in [-0.3, -0.25) is 0 Å². The molecule has 3 heteroatoms. The van der Waals surface area contributed by atoms with Crippen molar-refractivity contribution in [3.8, 4) is 0 Å². The molecule has 0 radical (unpaired) electrons. The van der Waals surface area contributed by atoms with Crippen LogP contribution in [0.4, 0.5) is 11.4 Å². The van der Waals surface area contributed by atoms with Gasteiger partial charge in [-0.2, -0.15) is 0 Å². The van der Waals surface area contributed by atoms with Crippen molar-refractivity contribution in [2.24, 2.45) is 0 Å². The minimum atomic E-state index is 0.562. The number of hydrogen-bond acceptors (Lipinski definition) is 3. The zero-order valence-corrected chi connectivity index (χ0v) is 10.3. The Bertz CT molecular complexity index is 276. The maximum Gasteiger partial charge on any atom is 0.0386 e. The maximum atomic E-state index is 5.62. The Morgan fingerprint density at radius 3 is 2.50 bits per heavy atom. The van der Waals surface area contributed by atoms with Crippen molar-refractivity contribution in [1.82, 2.24) is 5.32 Å². The van der Waals surface area contributed by atoms with E-state index in [1.165, 1.54) is 12.8 Å². The molecule has 1 atom stereocenters. The van der Waals surface area contributed by atoms with E-state index in [-0.39, 0.29) is 0 Å². The quantitative estimate of drug-likeness (QED) is 0.672. The molecule has 1 aliphatic heterocycles. The van der Waals surface area contributed by atoms with E-state index in [2.05, 4.69) is 10.6 Å². The van der Waals surface area contributed by atoms with Crippen LogP contribution in [-0.2, 0) is 0 Å². The summed E-state index contributed by atoms with van der Waals surface area (Å²) < 4.78 is 0. The average molecular weight is 221 g/mol. The van der Waals surface area contributed by atoms with Crippen LogP contribution in [0.2, 0.25) is 0 Å². The molecule has 3 nitrogen and oxygen atoms in total. The summed E-state index contributed by atoms with van der Waals surface area (Å²) >= 11 is 0. The Hall–Kier alpha value is -1.22. The number of anilines is 2. The number of benzene rings is 1. The Morgan fingerprint density at radius 1 is 1.25 bits per heavy atom. The molecule has 1 aromatic rings. The molecule has 1 heterocycles. The number of piperidine rings is 1. The van der Waals surface area contributed by atoms with Gasteiger partial charge in [-0.05, 0) is 43.7 Å². The summed E-state index contributed by atoms with van der Waals surface area (Å²) in [5.74, 6) is 0. The minimum Gasteiger partial charge on any atom is -0.399 e. The van der Waals surface area contributed by atoms with Crippen LogP contribution in [-0.4, -0.2) is 19.1 Å². The minimum absolute atomic E-state index is 0.562. The maximum absolute atomic E-state index is 5.62. The monoisotopic (exact) mass is 221 g/mol. The SMILES string of the molecule is CC.Nc1ccc(NC2CCCNC2)cc1. The fourth-order valence-electron chi connectivity index (χ4n) is 1.79. The van der Waals surface area contributed by atoms with E-state index in [1.54, 1.807) is 0 Å². The summed E-state index contributed by atoms with van der Waals surface area (Å²) in [6, 6.07) is 8.48. The normalized spacial score (nSPS) is 19.5. The lowest BCUT2D eigenvalue weighted by molar-refractivity contribution is 0.480. The zero-order valence-electron chi connectivity index (χ0n) is 10.3. The first-order valence-electron chi connectivity index (χ1n) is 6.17. The summed E-state index contributed by atoms with van der Waals surface area (Å²) in [7, 11) is 0. The van der Waals surface area contributed by atoms with E-state index in [1.807, 2.05) is 38.1 Å². The zero-order chi connectivity index (χ0) is 11.8. The van der Waals surface area contributed by atoms with E-state index in [0.717, 1.165) is 24.5 Å². The fourth-order valence-corrected chi connectivity index (χ4v) is 1.79. The van der Waals surface area contributed by atoms with Gasteiger partial charge in [0.25, 0.3) is 0 Å². The molecule has 90 valence electrons. The Morgan fingerprint density at radius 2 is 1.94 bits per heavy atom. The molecule has 16 heavy (non-hydrogen) atoms. The molecule has 0 bridgehead atoms. The van der Waals surface area contributed by atoms with Gasteiger partial charge in [-0.1, -0.05) is 13.8 Å². The lowest BCUT2D eigenvalue weighted by Crippen LogP contribution is -2.38. The van der Waals surface area contributed by atoms with Crippen LogP contribution in [0.1, 0.15) is 26.7 Å². The van der Waals surface area contributed by atoms with Crippen molar-refractivity contribution in [2.75, 3.05) is 24.1 Å². The molecule has 4 N–H and O–H groups in total. The van der Waals surface area contributed by atoms with Gasteiger partial charge in [0.05, 0.1) is 0 Å². The largest absolute Gasteiger partial charge is 0.399 e. The standard InChI is InChI=1S/C11H17N3.C2H6/c12-9-3-5-10(6-4-9)14-11-2-1-7-13-8-11;1-2/h3-6,11,13-14H,1-2,7-8,12H2;1-2H3. The molecule has 0 aromatic heterocycles. The Labute approximate surface area is 98.4 Å². The van der Waals surface area contributed by atoms with E-state index in [0.29, 0.717) is 6.04 Å². The van der Waals surface area contributed by atoms with Crippen molar-refractivity contribution < 1.29 is 0 Å². The van der Waals surface area contributed by atoms with Crippen molar-refractivity contribution in [1.29, 1.82) is 0 Å². The first-order valence-corrected chi connectivity index (χ1v) is 6.17. The molecule has 0 aliphatic carbocycles. The lowest BCUT2D eigenvalue weighted by atomic mass is 10.1. The van der Waals surface area contributed by atoms with Gasteiger partial charge in [0, 0.05) is 24.0 Å². The summed E-state index contributed by atoms with van der Waals surface area (Å²) in [5, 5.41) is 6.87. The first-order chi connectivity index (χ1) is 7.84. The number of nitrogen functional groups attached to an aromatic ring is 1. The van der Waals surface area contributed by atoms with Crippen LogP contribution in [0.3, 0.4) is 0 Å². The van der Waals surface area contributed by atoms with Crippen molar-refractivity contribution in [3.05, 3.63) is 24.3 Å². The highest BCUT2D eigenvalue weighted by Gasteiger charge is 2.11. The third-order valence-electron chi connectivity index (χ3n) is 2.58. The van der Waals surface area contributed by atoms with Crippen LogP contribution >= 0.6 is 0 Å². The van der Waals surface area contributed by atoms with Gasteiger partial charge < -0.3 is 16.4 Å². The second kappa shape index (κ2) is 7.12. The van der Waals surface area contributed by atoms with Gasteiger partial charge in [0.15, 0.2) is 0 Å². The van der Waals surface area contributed by atoms with Crippen LogP contribution in [0.15, 0.2) is 24.3 Å². The number of rotatable bonds is 2. The molecule has 2 rings (SSSR count). The van der Waals surface area contributed by atoms with E-state index in [9.17, 15) is 0 Å². The molecule has 0 saturated carbocycles. The van der Waals surface area contributed by atoms with Crippen LogP contribution in [0.25, 0.3) is 0 Å². The second-order valence-electron chi connectivity index (χ2n) is 3.81. The summed E-state index contributed by atoms with van der Waals surface area (Å²) in [5.41, 5.74) is 7.60. The second-order valence-corrected chi connectivity index (χ2v) is 3.81. The van der Waals surface area contributed by atoms with Crippen molar-refractivity contribution >= 4 is 11.4 Å². The van der Waals surface area contributed by atoms with Gasteiger partial charge >= 0.3 is 0 Å². The molecule has 1 aromatic carbocycles. The molecule has 1 saturated heterocycles. The van der Waals surface area contributed by atoms with Gasteiger partial charge in [0.2, 0.25) is 0 Å². The molecular formula is C13H23N3. The van der Waals surface area contributed by atoms with Crippen molar-refractivity contribution in [2.45, 2.75) is 32.7 Å². The van der Waals surface area contributed by atoms with Crippen molar-refractivity contribution in [3.63, 3.8) is 0 Å². The third kappa shape index (κ3) is 4.11. The molecule has 1 fully saturated rings. The first kappa shape index (κ1) is 12.8. The van der Waals surface area contributed by atoms with E-state index in [4.69, 9.17) is 5.73 Å². The summed E-state index contributed by atoms with van der Waals surface area (Å²) in [6.45, 7) is 6.21. The Balaban J connectivity index is 0.000000606. The number of nitrogens with one attached hydrogen (secondary N) is 2. The molecule has 0 amide bonds. The molecule has 1 aliphatic rings. The lowest BCUT2D eigenvalue weighted by Gasteiger charge is -2.24.